The molecular weight excluding hydrogens is 763 g/mol. The summed E-state index contributed by atoms with van der Waals surface area (Å²) >= 11 is 0. The van der Waals surface area contributed by atoms with Crippen LogP contribution in [0.5, 0.6) is 0 Å². The van der Waals surface area contributed by atoms with E-state index in [9.17, 15) is 0 Å². The molecule has 0 aliphatic heterocycles. The molecule has 0 saturated carbocycles. The summed E-state index contributed by atoms with van der Waals surface area (Å²) in [5.74, 6) is 0.690. The molecule has 0 spiro atoms. The lowest BCUT2D eigenvalue weighted by Crippen LogP contribution is -2.14. The normalized spacial score (nSPS) is 12.7. The van der Waals surface area contributed by atoms with E-state index in [0.29, 0.717) is 5.82 Å². The Labute approximate surface area is 367 Å². The van der Waals surface area contributed by atoms with Crippen LogP contribution in [0.15, 0.2) is 213 Å². The molecule has 0 saturated heterocycles. The van der Waals surface area contributed by atoms with E-state index < -0.39 is 0 Å². The van der Waals surface area contributed by atoms with Crippen LogP contribution in [0, 0.1) is 0 Å². The summed E-state index contributed by atoms with van der Waals surface area (Å²) in [7, 11) is 0. The topological polar surface area (TPSA) is 38.7 Å². The van der Waals surface area contributed by atoms with Crippen molar-refractivity contribution < 1.29 is 0 Å². The van der Waals surface area contributed by atoms with E-state index in [0.717, 1.165) is 50.0 Å². The van der Waals surface area contributed by atoms with Gasteiger partial charge in [-0.1, -0.05) is 184 Å². The largest absolute Gasteiger partial charge is 0.264 e. The van der Waals surface area contributed by atoms with Gasteiger partial charge in [0.05, 0.1) is 11.4 Å². The van der Waals surface area contributed by atoms with Crippen molar-refractivity contribution in [2.24, 2.45) is 0 Å². The Bertz CT molecular complexity index is 3590. The molecular formula is C60H41N3. The Morgan fingerprint density at radius 3 is 1.65 bits per heavy atom. The predicted octanol–water partition coefficient (Wildman–Crippen LogP) is 15.6. The van der Waals surface area contributed by atoms with Gasteiger partial charge in [-0.3, -0.25) is 4.98 Å². The smallest absolute Gasteiger partial charge is 0.161 e. The highest BCUT2D eigenvalue weighted by atomic mass is 14.9. The second-order valence-electron chi connectivity index (χ2n) is 17.2. The van der Waals surface area contributed by atoms with Crippen molar-refractivity contribution in [3.05, 3.63) is 224 Å². The highest BCUT2D eigenvalue weighted by Crippen LogP contribution is 2.52. The van der Waals surface area contributed by atoms with Crippen LogP contribution in [0.1, 0.15) is 25.0 Å². The molecule has 0 bridgehead atoms. The van der Waals surface area contributed by atoms with Gasteiger partial charge in [0.1, 0.15) is 0 Å². The van der Waals surface area contributed by atoms with Crippen molar-refractivity contribution in [2.45, 2.75) is 19.3 Å². The quantitative estimate of drug-likeness (QED) is 0.168. The van der Waals surface area contributed by atoms with Gasteiger partial charge < -0.3 is 0 Å². The van der Waals surface area contributed by atoms with E-state index >= 15 is 0 Å². The van der Waals surface area contributed by atoms with Gasteiger partial charge in [-0.05, 0) is 113 Å². The minimum absolute atomic E-state index is 0.0762. The molecule has 63 heavy (non-hydrogen) atoms. The first-order valence-electron chi connectivity index (χ1n) is 21.7. The summed E-state index contributed by atoms with van der Waals surface area (Å²) in [6.45, 7) is 4.72. The van der Waals surface area contributed by atoms with Crippen LogP contribution in [0.25, 0.3) is 111 Å². The average molecular weight is 804 g/mol. The summed E-state index contributed by atoms with van der Waals surface area (Å²) < 4.78 is 0. The number of hydrogen-bond donors (Lipinski definition) is 0. The van der Waals surface area contributed by atoms with Gasteiger partial charge >= 0.3 is 0 Å². The van der Waals surface area contributed by atoms with Crippen molar-refractivity contribution in [2.75, 3.05) is 0 Å². The molecule has 0 amide bonds. The summed E-state index contributed by atoms with van der Waals surface area (Å²) in [4.78, 5) is 15.0. The van der Waals surface area contributed by atoms with E-state index in [2.05, 4.69) is 207 Å². The first-order valence-corrected chi connectivity index (χ1v) is 21.7. The van der Waals surface area contributed by atoms with E-state index in [1.807, 2.05) is 18.3 Å². The molecule has 3 heteroatoms. The van der Waals surface area contributed by atoms with Crippen LogP contribution in [-0.2, 0) is 5.41 Å². The Morgan fingerprint density at radius 2 is 0.921 bits per heavy atom. The minimum Gasteiger partial charge on any atom is -0.264 e. The number of aromatic nitrogens is 3. The van der Waals surface area contributed by atoms with Crippen molar-refractivity contribution in [1.29, 1.82) is 0 Å². The Morgan fingerprint density at radius 1 is 0.349 bits per heavy atom. The number of nitrogens with zero attached hydrogens (tertiary/aromatic N) is 3. The summed E-state index contributed by atoms with van der Waals surface area (Å²) in [5.41, 5.74) is 17.2. The number of pyridine rings is 1. The zero-order chi connectivity index (χ0) is 42.1. The molecule has 2 heterocycles. The number of benzene rings is 9. The lowest BCUT2D eigenvalue weighted by atomic mass is 9.81. The third-order valence-electron chi connectivity index (χ3n) is 13.2. The Kier molecular flexibility index (Phi) is 8.52. The maximum Gasteiger partial charge on any atom is 0.161 e. The average Bonchev–Trinajstić information content (AvgIpc) is 3.59. The second-order valence-corrected chi connectivity index (χ2v) is 17.2. The van der Waals surface area contributed by atoms with E-state index in [1.165, 1.54) is 66.1 Å². The molecule has 2 aromatic heterocycles. The maximum absolute atomic E-state index is 5.32. The van der Waals surface area contributed by atoms with Crippen molar-refractivity contribution in [1.82, 2.24) is 15.0 Å². The van der Waals surface area contributed by atoms with Crippen LogP contribution >= 0.6 is 0 Å². The molecule has 296 valence electrons. The van der Waals surface area contributed by atoms with Gasteiger partial charge in [0.15, 0.2) is 5.82 Å². The number of fused-ring (bicyclic) bond motifs is 7. The first-order chi connectivity index (χ1) is 31.0. The van der Waals surface area contributed by atoms with E-state index in [-0.39, 0.29) is 5.41 Å². The standard InChI is InChI=1S/C60H41N3/c1-60(2)54-31-26-41(35-53(54)58-45-20-7-6-14-38(45)25-32-55(58)60)44-27-28-50(47-22-9-8-21-46(44)47)51-29-30-52(49-24-11-10-23-48(49)51)59-62-56(39-15-4-3-5-16-39)36-57(63-59)42-18-12-17-40(34-42)43-19-13-33-61-37-43/h3-37H,1-2H3. The van der Waals surface area contributed by atoms with Gasteiger partial charge in [-0.25, -0.2) is 9.97 Å². The lowest BCUT2D eigenvalue weighted by molar-refractivity contribution is 0.661. The fraction of sp³-hybridized carbons (Fsp3) is 0.0500. The lowest BCUT2D eigenvalue weighted by Gasteiger charge is -2.22. The number of hydrogen-bond acceptors (Lipinski definition) is 3. The zero-order valence-electron chi connectivity index (χ0n) is 35.0. The fourth-order valence-corrected chi connectivity index (χ4v) is 10.1. The predicted molar refractivity (Wildman–Crippen MR) is 263 cm³/mol. The van der Waals surface area contributed by atoms with E-state index in [4.69, 9.17) is 9.97 Å². The second kappa shape index (κ2) is 14.6. The third-order valence-corrected chi connectivity index (χ3v) is 13.2. The van der Waals surface area contributed by atoms with Crippen LogP contribution in [0.3, 0.4) is 0 Å². The van der Waals surface area contributed by atoms with Crippen molar-refractivity contribution in [3.8, 4) is 78.4 Å². The van der Waals surface area contributed by atoms with Crippen LogP contribution in [0.2, 0.25) is 0 Å². The summed E-state index contributed by atoms with van der Waals surface area (Å²) in [6.07, 6.45) is 3.71. The molecule has 1 aliphatic carbocycles. The summed E-state index contributed by atoms with van der Waals surface area (Å²) in [6, 6.07) is 72.3. The molecule has 1 aliphatic rings. The highest BCUT2D eigenvalue weighted by Gasteiger charge is 2.36. The zero-order valence-corrected chi connectivity index (χ0v) is 35.0. The molecule has 12 rings (SSSR count). The maximum atomic E-state index is 5.32. The van der Waals surface area contributed by atoms with Crippen LogP contribution < -0.4 is 0 Å². The van der Waals surface area contributed by atoms with Gasteiger partial charge in [0.25, 0.3) is 0 Å². The third kappa shape index (κ3) is 6.07. The molecule has 9 aromatic carbocycles. The highest BCUT2D eigenvalue weighted by molar-refractivity contribution is 6.12. The fourth-order valence-electron chi connectivity index (χ4n) is 10.1. The number of rotatable bonds is 6. The van der Waals surface area contributed by atoms with E-state index in [1.54, 1.807) is 6.20 Å². The monoisotopic (exact) mass is 803 g/mol. The molecule has 0 fully saturated rings. The molecule has 0 radical (unpaired) electrons. The van der Waals surface area contributed by atoms with Gasteiger partial charge in [-0.2, -0.15) is 0 Å². The summed E-state index contributed by atoms with van der Waals surface area (Å²) in [5, 5.41) is 7.31. The molecule has 0 N–H and O–H groups in total. The Hall–Kier alpha value is -8.01. The van der Waals surface area contributed by atoms with Crippen LogP contribution in [0.4, 0.5) is 0 Å². The Balaban J connectivity index is 0.996. The first kappa shape index (κ1) is 36.8. The van der Waals surface area contributed by atoms with Gasteiger partial charge in [-0.15, -0.1) is 0 Å². The van der Waals surface area contributed by atoms with Crippen LogP contribution in [-0.4, -0.2) is 15.0 Å². The van der Waals surface area contributed by atoms with Gasteiger partial charge in [0.2, 0.25) is 0 Å². The molecule has 11 aromatic rings. The molecule has 3 nitrogen and oxygen atoms in total. The van der Waals surface area contributed by atoms with Crippen molar-refractivity contribution in [3.63, 3.8) is 0 Å². The molecule has 0 atom stereocenters. The van der Waals surface area contributed by atoms with Gasteiger partial charge in [0, 0.05) is 40.1 Å². The van der Waals surface area contributed by atoms with Crippen molar-refractivity contribution >= 4 is 32.3 Å². The molecule has 0 unspecified atom stereocenters. The SMILES string of the molecule is CC1(C)c2ccc(-c3ccc(-c4ccc(-c5nc(-c6ccccc6)cc(-c6cccc(-c7cccnc7)c6)n5)c5ccccc45)c4ccccc34)cc2-c2c1ccc1ccccc21. The minimum atomic E-state index is -0.0762.